The summed E-state index contributed by atoms with van der Waals surface area (Å²) in [6, 6.07) is 12.9. The molecule has 0 spiro atoms. The van der Waals surface area contributed by atoms with E-state index in [4.69, 9.17) is 14.2 Å². The van der Waals surface area contributed by atoms with E-state index in [1.807, 2.05) is 35.1 Å². The molecule has 27 heavy (non-hydrogen) atoms. The molecule has 2 heterocycles. The number of benzene rings is 2. The summed E-state index contributed by atoms with van der Waals surface area (Å²) in [6.45, 7) is 0.779. The molecule has 1 aliphatic heterocycles. The van der Waals surface area contributed by atoms with E-state index < -0.39 is 0 Å². The number of methoxy groups -OCH3 is 1. The smallest absolute Gasteiger partial charge is 0.231 e. The molecular weight excluding hydrogens is 344 g/mol. The Morgan fingerprint density at radius 1 is 1.22 bits per heavy atom. The molecule has 4 rings (SSSR count). The van der Waals surface area contributed by atoms with E-state index in [-0.39, 0.29) is 12.6 Å². The molecule has 1 aromatic heterocycles. The van der Waals surface area contributed by atoms with Crippen LogP contribution in [0.15, 0.2) is 60.9 Å². The van der Waals surface area contributed by atoms with E-state index in [2.05, 4.69) is 5.10 Å². The number of carbonyl (C=O) groups is 1. The number of allylic oxidation sites excluding steroid dienone is 1. The first-order valence-electron chi connectivity index (χ1n) is 8.49. The van der Waals surface area contributed by atoms with Crippen LogP contribution in [0, 0.1) is 0 Å². The second-order valence-corrected chi connectivity index (χ2v) is 6.04. The summed E-state index contributed by atoms with van der Waals surface area (Å²) < 4.78 is 17.8. The van der Waals surface area contributed by atoms with Gasteiger partial charge in [-0.15, -0.1) is 0 Å². The molecule has 0 aliphatic carbocycles. The first kappa shape index (κ1) is 16.9. The van der Waals surface area contributed by atoms with Crippen molar-refractivity contribution in [2.24, 2.45) is 0 Å². The summed E-state index contributed by atoms with van der Waals surface area (Å²) in [5.74, 6) is 1.94. The summed E-state index contributed by atoms with van der Waals surface area (Å²) >= 11 is 0. The maximum atomic E-state index is 12.5. The van der Waals surface area contributed by atoms with Gasteiger partial charge in [-0.2, -0.15) is 5.10 Å². The second kappa shape index (κ2) is 7.37. The molecule has 0 fully saturated rings. The summed E-state index contributed by atoms with van der Waals surface area (Å²) in [4.78, 5) is 12.5. The molecule has 0 saturated heterocycles. The molecule has 0 atom stereocenters. The van der Waals surface area contributed by atoms with Gasteiger partial charge in [0.15, 0.2) is 17.3 Å². The van der Waals surface area contributed by atoms with Gasteiger partial charge < -0.3 is 14.2 Å². The zero-order valence-corrected chi connectivity index (χ0v) is 14.8. The molecular formula is C21H18N2O4. The molecule has 0 saturated carbocycles. The Bertz CT molecular complexity index is 993. The fourth-order valence-corrected chi connectivity index (χ4v) is 2.91. The minimum atomic E-state index is -0.0993. The molecule has 6 nitrogen and oxygen atoms in total. The van der Waals surface area contributed by atoms with Gasteiger partial charge in [0.1, 0.15) is 5.75 Å². The Morgan fingerprint density at radius 2 is 2.11 bits per heavy atom. The lowest BCUT2D eigenvalue weighted by atomic mass is 10.1. The van der Waals surface area contributed by atoms with Gasteiger partial charge in [-0.3, -0.25) is 9.48 Å². The quantitative estimate of drug-likeness (QED) is 0.496. The van der Waals surface area contributed by atoms with Crippen LogP contribution >= 0.6 is 0 Å². The Morgan fingerprint density at radius 3 is 2.93 bits per heavy atom. The van der Waals surface area contributed by atoms with Crippen molar-refractivity contribution in [1.29, 1.82) is 0 Å². The maximum Gasteiger partial charge on any atom is 0.231 e. The lowest BCUT2D eigenvalue weighted by Crippen LogP contribution is -2.02. The first-order valence-corrected chi connectivity index (χ1v) is 8.49. The summed E-state index contributed by atoms with van der Waals surface area (Å²) in [5, 5.41) is 4.23. The van der Waals surface area contributed by atoms with E-state index in [1.165, 1.54) is 0 Å². The van der Waals surface area contributed by atoms with Crippen LogP contribution in [0.3, 0.4) is 0 Å². The minimum absolute atomic E-state index is 0.0993. The molecule has 0 bridgehead atoms. The van der Waals surface area contributed by atoms with Crippen LogP contribution < -0.4 is 14.2 Å². The Labute approximate surface area is 156 Å². The van der Waals surface area contributed by atoms with Gasteiger partial charge in [-0.25, -0.2) is 0 Å². The lowest BCUT2D eigenvalue weighted by Gasteiger charge is -2.09. The third kappa shape index (κ3) is 3.69. The van der Waals surface area contributed by atoms with Crippen LogP contribution in [0.25, 0.3) is 6.08 Å². The van der Waals surface area contributed by atoms with Gasteiger partial charge in [-0.1, -0.05) is 12.1 Å². The van der Waals surface area contributed by atoms with Crippen molar-refractivity contribution in [3.05, 3.63) is 77.6 Å². The fraction of sp³-hybridized carbons (Fsp3) is 0.143. The molecule has 0 unspecified atom stereocenters. The lowest BCUT2D eigenvalue weighted by molar-refractivity contribution is 0.104. The van der Waals surface area contributed by atoms with Crippen molar-refractivity contribution in [2.75, 3.05) is 13.9 Å². The zero-order valence-electron chi connectivity index (χ0n) is 14.8. The molecule has 3 aromatic rings. The second-order valence-electron chi connectivity index (χ2n) is 6.04. The highest BCUT2D eigenvalue weighted by atomic mass is 16.7. The van der Waals surface area contributed by atoms with Gasteiger partial charge in [-0.05, 0) is 48.0 Å². The van der Waals surface area contributed by atoms with E-state index >= 15 is 0 Å². The molecule has 2 aromatic carbocycles. The molecule has 136 valence electrons. The van der Waals surface area contributed by atoms with Gasteiger partial charge in [0.25, 0.3) is 0 Å². The summed E-state index contributed by atoms with van der Waals surface area (Å²) in [7, 11) is 1.64. The monoisotopic (exact) mass is 362 g/mol. The number of hydrogen-bond donors (Lipinski definition) is 0. The predicted octanol–water partition coefficient (Wildman–Crippen LogP) is 3.56. The molecule has 0 N–H and O–H groups in total. The van der Waals surface area contributed by atoms with Crippen molar-refractivity contribution in [1.82, 2.24) is 9.78 Å². The van der Waals surface area contributed by atoms with E-state index in [9.17, 15) is 4.79 Å². The third-order valence-electron chi connectivity index (χ3n) is 4.28. The standard InChI is InChI=1S/C21H18N2O4/c1-25-19-7-4-15(11-17(19)13-23-10-2-9-22-23)3-6-18(24)16-5-8-20-21(12-16)27-14-26-20/h2-12H,13-14H2,1H3/b6-3-. The highest BCUT2D eigenvalue weighted by Crippen LogP contribution is 2.32. The van der Waals surface area contributed by atoms with Crippen molar-refractivity contribution in [3.8, 4) is 17.2 Å². The van der Waals surface area contributed by atoms with E-state index in [1.54, 1.807) is 43.7 Å². The number of fused-ring (bicyclic) bond motifs is 1. The molecule has 0 radical (unpaired) electrons. The first-order chi connectivity index (χ1) is 13.2. The topological polar surface area (TPSA) is 62.6 Å². The van der Waals surface area contributed by atoms with Crippen molar-refractivity contribution in [3.63, 3.8) is 0 Å². The molecule has 0 amide bonds. The average molecular weight is 362 g/mol. The van der Waals surface area contributed by atoms with Crippen molar-refractivity contribution < 1.29 is 19.0 Å². The highest BCUT2D eigenvalue weighted by molar-refractivity contribution is 6.07. The zero-order chi connectivity index (χ0) is 18.6. The Kier molecular flexibility index (Phi) is 4.61. The van der Waals surface area contributed by atoms with E-state index in [0.717, 1.165) is 16.9 Å². The van der Waals surface area contributed by atoms with Gasteiger partial charge >= 0.3 is 0 Å². The Hall–Kier alpha value is -3.54. The number of carbonyl (C=O) groups excluding carboxylic acids is 1. The van der Waals surface area contributed by atoms with Crippen molar-refractivity contribution in [2.45, 2.75) is 6.54 Å². The molecule has 6 heteroatoms. The summed E-state index contributed by atoms with van der Waals surface area (Å²) in [6.07, 6.45) is 6.97. The number of ketones is 1. The number of hydrogen-bond acceptors (Lipinski definition) is 5. The van der Waals surface area contributed by atoms with Crippen LogP contribution in [-0.2, 0) is 6.54 Å². The van der Waals surface area contributed by atoms with Crippen LogP contribution in [0.4, 0.5) is 0 Å². The van der Waals surface area contributed by atoms with Crippen LogP contribution in [0.2, 0.25) is 0 Å². The summed E-state index contributed by atoms with van der Waals surface area (Å²) in [5.41, 5.74) is 2.45. The normalized spacial score (nSPS) is 12.5. The number of aromatic nitrogens is 2. The van der Waals surface area contributed by atoms with Crippen LogP contribution in [0.5, 0.6) is 17.2 Å². The number of nitrogens with zero attached hydrogens (tertiary/aromatic N) is 2. The van der Waals surface area contributed by atoms with Crippen molar-refractivity contribution >= 4 is 11.9 Å². The number of ether oxygens (including phenoxy) is 3. The maximum absolute atomic E-state index is 12.5. The SMILES string of the molecule is COc1ccc(/C=C\C(=O)c2ccc3c(c2)OCO3)cc1Cn1cccn1. The largest absolute Gasteiger partial charge is 0.496 e. The van der Waals surface area contributed by atoms with Gasteiger partial charge in [0, 0.05) is 23.5 Å². The van der Waals surface area contributed by atoms with Gasteiger partial charge in [0.05, 0.1) is 13.7 Å². The van der Waals surface area contributed by atoms with Crippen LogP contribution in [-0.4, -0.2) is 29.5 Å². The number of rotatable bonds is 6. The predicted molar refractivity (Wildman–Crippen MR) is 100 cm³/mol. The average Bonchev–Trinajstić information content (AvgIpc) is 3.37. The third-order valence-corrected chi connectivity index (χ3v) is 4.28. The fourth-order valence-electron chi connectivity index (χ4n) is 2.91. The molecule has 1 aliphatic rings. The highest BCUT2D eigenvalue weighted by Gasteiger charge is 2.15. The van der Waals surface area contributed by atoms with E-state index in [0.29, 0.717) is 23.6 Å². The van der Waals surface area contributed by atoms with Crippen LogP contribution in [0.1, 0.15) is 21.5 Å². The van der Waals surface area contributed by atoms with Gasteiger partial charge in [0.2, 0.25) is 6.79 Å². The minimum Gasteiger partial charge on any atom is -0.496 e. The Balaban J connectivity index is 1.53.